The molecular formula is C15H19F3N4OS. The molecule has 0 spiro atoms. The first-order valence-corrected chi connectivity index (χ1v) is 7.83. The van der Waals surface area contributed by atoms with Gasteiger partial charge in [0.05, 0.1) is 26.0 Å². The average molecular weight is 360 g/mol. The molecule has 0 amide bonds. The summed E-state index contributed by atoms with van der Waals surface area (Å²) in [6, 6.07) is 7.23. The fourth-order valence-corrected chi connectivity index (χ4v) is 2.64. The third-order valence-electron chi connectivity index (χ3n) is 3.35. The largest absolute Gasteiger partial charge is 0.495 e. The molecular weight excluding hydrogens is 341 g/mol. The standard InChI is InChI=1S/C15H19F3N4OS/c1-3-8-20(9-15(16,17)18)11-22-14(24)21(10-19-22)12-6-4-5-7-13(12)23-2/h4-7,10H,3,8-9,11H2,1-2H3. The van der Waals surface area contributed by atoms with Crippen LogP contribution < -0.4 is 4.74 Å². The van der Waals surface area contributed by atoms with Gasteiger partial charge in [0.1, 0.15) is 12.1 Å². The first kappa shape index (κ1) is 18.5. The molecule has 0 aliphatic rings. The number of methoxy groups -OCH3 is 1. The van der Waals surface area contributed by atoms with Crippen LogP contribution in [0.5, 0.6) is 5.75 Å². The van der Waals surface area contributed by atoms with Gasteiger partial charge < -0.3 is 4.74 Å². The van der Waals surface area contributed by atoms with Crippen molar-refractivity contribution in [1.29, 1.82) is 0 Å². The lowest BCUT2D eigenvalue weighted by Crippen LogP contribution is -2.36. The monoisotopic (exact) mass is 360 g/mol. The lowest BCUT2D eigenvalue weighted by Gasteiger charge is -2.22. The zero-order valence-corrected chi connectivity index (χ0v) is 14.3. The van der Waals surface area contributed by atoms with E-state index in [0.29, 0.717) is 29.2 Å². The molecule has 2 aromatic rings. The van der Waals surface area contributed by atoms with Crippen molar-refractivity contribution in [2.45, 2.75) is 26.2 Å². The van der Waals surface area contributed by atoms with Crippen LogP contribution in [0.4, 0.5) is 13.2 Å². The Labute approximate surface area is 143 Å². The highest BCUT2D eigenvalue weighted by Gasteiger charge is 2.30. The minimum absolute atomic E-state index is 0.0195. The molecule has 5 nitrogen and oxygen atoms in total. The van der Waals surface area contributed by atoms with E-state index in [1.807, 2.05) is 19.1 Å². The maximum Gasteiger partial charge on any atom is 0.401 e. The van der Waals surface area contributed by atoms with Gasteiger partial charge in [-0.1, -0.05) is 19.1 Å². The molecule has 0 bridgehead atoms. The van der Waals surface area contributed by atoms with Gasteiger partial charge in [-0.2, -0.15) is 18.3 Å². The van der Waals surface area contributed by atoms with Gasteiger partial charge in [-0.05, 0) is 37.3 Å². The Bertz CT molecular complexity index is 726. The summed E-state index contributed by atoms with van der Waals surface area (Å²) in [6.07, 6.45) is -2.17. The third kappa shape index (κ3) is 4.57. The van der Waals surface area contributed by atoms with E-state index in [2.05, 4.69) is 5.10 Å². The first-order valence-electron chi connectivity index (χ1n) is 7.42. The number of aromatic nitrogens is 3. The Morgan fingerprint density at radius 1 is 1.29 bits per heavy atom. The molecule has 9 heteroatoms. The van der Waals surface area contributed by atoms with Crippen molar-refractivity contribution in [2.75, 3.05) is 20.2 Å². The van der Waals surface area contributed by atoms with E-state index in [1.165, 1.54) is 15.9 Å². The predicted molar refractivity (Wildman–Crippen MR) is 86.9 cm³/mol. The SMILES string of the molecule is CCCN(Cn1ncn(-c2ccccc2OC)c1=S)CC(F)(F)F. The summed E-state index contributed by atoms with van der Waals surface area (Å²) < 4.78 is 46.6. The third-order valence-corrected chi connectivity index (χ3v) is 3.76. The molecule has 0 unspecified atom stereocenters. The van der Waals surface area contributed by atoms with Gasteiger partial charge in [0.25, 0.3) is 0 Å². The van der Waals surface area contributed by atoms with Gasteiger partial charge in [-0.25, -0.2) is 4.68 Å². The minimum atomic E-state index is -4.26. The van der Waals surface area contributed by atoms with Crippen LogP contribution in [0.3, 0.4) is 0 Å². The summed E-state index contributed by atoms with van der Waals surface area (Å²) in [6.45, 7) is 1.12. The molecule has 0 saturated carbocycles. The fourth-order valence-electron chi connectivity index (χ4n) is 2.39. The highest BCUT2D eigenvalue weighted by molar-refractivity contribution is 7.71. The van der Waals surface area contributed by atoms with Gasteiger partial charge in [0.2, 0.25) is 4.77 Å². The van der Waals surface area contributed by atoms with E-state index in [1.54, 1.807) is 23.8 Å². The molecule has 0 aliphatic heterocycles. The van der Waals surface area contributed by atoms with E-state index in [-0.39, 0.29) is 6.67 Å². The number of hydrogen-bond acceptors (Lipinski definition) is 4. The molecule has 1 aromatic heterocycles. The molecule has 24 heavy (non-hydrogen) atoms. The second-order valence-corrected chi connectivity index (χ2v) is 5.63. The molecule has 2 rings (SSSR count). The molecule has 0 N–H and O–H groups in total. The maximum atomic E-state index is 12.7. The summed E-state index contributed by atoms with van der Waals surface area (Å²) >= 11 is 5.36. The summed E-state index contributed by atoms with van der Waals surface area (Å²) in [5.74, 6) is 0.605. The zero-order chi connectivity index (χ0) is 17.7. The first-order chi connectivity index (χ1) is 11.4. The molecule has 0 radical (unpaired) electrons. The maximum absolute atomic E-state index is 12.7. The van der Waals surface area contributed by atoms with Gasteiger partial charge in [0, 0.05) is 0 Å². The minimum Gasteiger partial charge on any atom is -0.495 e. The number of benzene rings is 1. The highest BCUT2D eigenvalue weighted by Crippen LogP contribution is 2.22. The van der Waals surface area contributed by atoms with E-state index in [9.17, 15) is 13.2 Å². The highest BCUT2D eigenvalue weighted by atomic mass is 32.1. The Kier molecular flexibility index (Phi) is 6.00. The molecule has 132 valence electrons. The number of ether oxygens (including phenoxy) is 1. The molecule has 1 heterocycles. The second-order valence-electron chi connectivity index (χ2n) is 5.26. The summed E-state index contributed by atoms with van der Waals surface area (Å²) in [5, 5.41) is 4.13. The molecule has 0 aliphatic carbocycles. The Hall–Kier alpha value is -1.87. The van der Waals surface area contributed by atoms with Crippen molar-refractivity contribution >= 4 is 12.2 Å². The summed E-state index contributed by atoms with van der Waals surface area (Å²) in [5.41, 5.74) is 0.689. The molecule has 1 aromatic carbocycles. The summed E-state index contributed by atoms with van der Waals surface area (Å²) in [7, 11) is 1.54. The van der Waals surface area contributed by atoms with Gasteiger partial charge in [-0.15, -0.1) is 0 Å². The van der Waals surface area contributed by atoms with Crippen LogP contribution in [-0.2, 0) is 6.67 Å². The van der Waals surface area contributed by atoms with Crippen molar-refractivity contribution in [3.05, 3.63) is 35.4 Å². The Morgan fingerprint density at radius 2 is 2.00 bits per heavy atom. The van der Waals surface area contributed by atoms with Crippen LogP contribution in [0, 0.1) is 4.77 Å². The molecule has 0 saturated heterocycles. The number of para-hydroxylation sites is 2. The van der Waals surface area contributed by atoms with Crippen LogP contribution in [0.1, 0.15) is 13.3 Å². The van der Waals surface area contributed by atoms with Crippen molar-refractivity contribution < 1.29 is 17.9 Å². The van der Waals surface area contributed by atoms with E-state index in [0.717, 1.165) is 0 Å². The number of alkyl halides is 3. The topological polar surface area (TPSA) is 35.2 Å². The molecule has 0 fully saturated rings. The lowest BCUT2D eigenvalue weighted by molar-refractivity contribution is -0.149. The van der Waals surface area contributed by atoms with Crippen molar-refractivity contribution in [2.24, 2.45) is 0 Å². The van der Waals surface area contributed by atoms with Crippen molar-refractivity contribution in [3.8, 4) is 11.4 Å². The summed E-state index contributed by atoms with van der Waals surface area (Å²) in [4.78, 5) is 1.27. The van der Waals surface area contributed by atoms with Gasteiger partial charge in [0.15, 0.2) is 0 Å². The second kappa shape index (κ2) is 7.80. The smallest absolute Gasteiger partial charge is 0.401 e. The van der Waals surface area contributed by atoms with Crippen LogP contribution in [0.2, 0.25) is 0 Å². The number of halogens is 3. The quantitative estimate of drug-likeness (QED) is 0.706. The van der Waals surface area contributed by atoms with Crippen molar-refractivity contribution in [1.82, 2.24) is 19.2 Å². The van der Waals surface area contributed by atoms with Crippen LogP contribution in [0.15, 0.2) is 30.6 Å². The van der Waals surface area contributed by atoms with Crippen LogP contribution in [-0.4, -0.2) is 45.6 Å². The van der Waals surface area contributed by atoms with Crippen molar-refractivity contribution in [3.63, 3.8) is 0 Å². The molecule has 0 atom stereocenters. The van der Waals surface area contributed by atoms with Gasteiger partial charge in [-0.3, -0.25) is 9.47 Å². The number of nitrogens with zero attached hydrogens (tertiary/aromatic N) is 4. The Balaban J connectivity index is 2.27. The van der Waals surface area contributed by atoms with E-state index < -0.39 is 12.7 Å². The fraction of sp³-hybridized carbons (Fsp3) is 0.467. The zero-order valence-electron chi connectivity index (χ0n) is 13.5. The predicted octanol–water partition coefficient (Wildman–Crippen LogP) is 3.64. The number of rotatable bonds is 7. The normalized spacial score (nSPS) is 11.9. The van der Waals surface area contributed by atoms with E-state index in [4.69, 9.17) is 17.0 Å². The Morgan fingerprint density at radius 3 is 2.62 bits per heavy atom. The van der Waals surface area contributed by atoms with E-state index >= 15 is 0 Å². The number of hydrogen-bond donors (Lipinski definition) is 0. The average Bonchev–Trinajstić information content (AvgIpc) is 2.87. The van der Waals surface area contributed by atoms with Crippen LogP contribution >= 0.6 is 12.2 Å². The van der Waals surface area contributed by atoms with Gasteiger partial charge >= 0.3 is 6.18 Å². The van der Waals surface area contributed by atoms with Crippen LogP contribution in [0.25, 0.3) is 5.69 Å². The lowest BCUT2D eigenvalue weighted by atomic mass is 10.3.